The Labute approximate surface area is 190 Å². The van der Waals surface area contributed by atoms with Crippen LogP contribution in [0.1, 0.15) is 51.7 Å². The zero-order chi connectivity index (χ0) is 24.2. The number of hydrogen-bond donors (Lipinski definition) is 1. The Morgan fingerprint density at radius 2 is 1.82 bits per heavy atom. The first-order valence-corrected chi connectivity index (χ1v) is 10.9. The maximum absolute atomic E-state index is 16.4. The lowest BCUT2D eigenvalue weighted by atomic mass is 9.71. The van der Waals surface area contributed by atoms with Gasteiger partial charge in [0.1, 0.15) is 17.0 Å². The van der Waals surface area contributed by atoms with Crippen LogP contribution >= 0.6 is 0 Å². The third kappa shape index (κ3) is 2.96. The summed E-state index contributed by atoms with van der Waals surface area (Å²) in [5.41, 5.74) is 3.20. The van der Waals surface area contributed by atoms with Gasteiger partial charge in [0.15, 0.2) is 5.54 Å². The second-order valence-electron chi connectivity index (χ2n) is 8.99. The fraction of sp³-hybridized carbons (Fsp3) is 0.360. The second-order valence-corrected chi connectivity index (χ2v) is 8.99. The lowest BCUT2D eigenvalue weighted by molar-refractivity contribution is -0.125. The number of primary amides is 1. The number of amides is 1. The van der Waals surface area contributed by atoms with Gasteiger partial charge >= 0.3 is 0 Å². The molecule has 1 atom stereocenters. The van der Waals surface area contributed by atoms with E-state index in [9.17, 15) is 9.70 Å². The number of fused-ring (bicyclic) bond motifs is 3. The summed E-state index contributed by atoms with van der Waals surface area (Å²) in [4.78, 5) is 24.4. The number of halogens is 2. The lowest BCUT2D eigenvalue weighted by Crippen LogP contribution is -2.46. The molecule has 1 heterocycles. The van der Waals surface area contributed by atoms with Crippen molar-refractivity contribution in [2.24, 2.45) is 10.9 Å². The molecule has 0 radical (unpaired) electrons. The number of alkyl halides is 1. The van der Waals surface area contributed by atoms with Gasteiger partial charge in [-0.3, -0.25) is 9.48 Å². The van der Waals surface area contributed by atoms with Crippen LogP contribution in [0, 0.1) is 10.7 Å². The molecule has 0 aliphatic heterocycles. The number of carbonyl (C=O) groups excluding carboxylic acids is 1. The minimum absolute atomic E-state index is 0.0274. The molecule has 0 saturated carbocycles. The molecule has 172 valence electrons. The molecule has 1 aliphatic carbocycles. The first-order chi connectivity index (χ1) is 15.6. The maximum atomic E-state index is 16.4. The van der Waals surface area contributed by atoms with Crippen molar-refractivity contribution in [2.45, 2.75) is 57.3 Å². The van der Waals surface area contributed by atoms with Gasteiger partial charge in [-0.05, 0) is 66.3 Å². The maximum Gasteiger partial charge on any atom is 0.244 e. The van der Waals surface area contributed by atoms with Crippen molar-refractivity contribution < 1.29 is 13.6 Å². The quantitative estimate of drug-likeness (QED) is 0.485. The van der Waals surface area contributed by atoms with Crippen molar-refractivity contribution in [2.75, 3.05) is 0 Å². The van der Waals surface area contributed by atoms with Crippen LogP contribution in [-0.4, -0.2) is 21.4 Å². The number of carbonyl (C=O) groups is 1. The fourth-order valence-electron chi connectivity index (χ4n) is 4.88. The highest BCUT2D eigenvalue weighted by Crippen LogP contribution is 2.60. The summed E-state index contributed by atoms with van der Waals surface area (Å²) in [5.74, 6) is -1.20. The molecular weight excluding hydrogens is 426 g/mol. The Bertz CT molecular complexity index is 1260. The molecule has 0 bridgehead atoms. The molecule has 2 aromatic carbocycles. The van der Waals surface area contributed by atoms with E-state index in [0.717, 1.165) is 0 Å². The van der Waals surface area contributed by atoms with Crippen molar-refractivity contribution in [3.63, 3.8) is 0 Å². The predicted octanol–water partition coefficient (Wildman–Crippen LogP) is 5.43. The van der Waals surface area contributed by atoms with E-state index in [1.807, 2.05) is 0 Å². The van der Waals surface area contributed by atoms with E-state index < -0.39 is 28.5 Å². The van der Waals surface area contributed by atoms with E-state index in [1.54, 1.807) is 58.2 Å². The fourth-order valence-corrected chi connectivity index (χ4v) is 4.88. The van der Waals surface area contributed by atoms with Gasteiger partial charge in [-0.15, -0.1) is 4.91 Å². The van der Waals surface area contributed by atoms with Crippen molar-refractivity contribution in [1.29, 1.82) is 0 Å². The third-order valence-electron chi connectivity index (χ3n) is 7.05. The Morgan fingerprint density at radius 1 is 1.15 bits per heavy atom. The van der Waals surface area contributed by atoms with Gasteiger partial charge in [0.05, 0.1) is 6.20 Å². The summed E-state index contributed by atoms with van der Waals surface area (Å²) < 4.78 is 32.8. The van der Waals surface area contributed by atoms with Crippen molar-refractivity contribution in [1.82, 2.24) is 9.78 Å². The number of aromatic nitrogens is 2. The lowest BCUT2D eigenvalue weighted by Gasteiger charge is -2.38. The molecule has 0 saturated heterocycles. The minimum Gasteiger partial charge on any atom is -0.368 e. The second kappa shape index (κ2) is 7.57. The molecular formula is C25H26F2N4O2. The number of hydrogen-bond acceptors (Lipinski definition) is 4. The topological polar surface area (TPSA) is 90.3 Å². The summed E-state index contributed by atoms with van der Waals surface area (Å²) in [5, 5.41) is 7.65. The average Bonchev–Trinajstić information content (AvgIpc) is 3.40. The first kappa shape index (κ1) is 22.8. The number of rotatable bonds is 7. The molecule has 4 rings (SSSR count). The van der Waals surface area contributed by atoms with Crippen molar-refractivity contribution >= 4 is 5.91 Å². The highest BCUT2D eigenvalue weighted by Gasteiger charge is 2.60. The van der Waals surface area contributed by atoms with Crippen molar-refractivity contribution in [3.8, 4) is 22.3 Å². The zero-order valence-electron chi connectivity index (χ0n) is 19.0. The van der Waals surface area contributed by atoms with Gasteiger partial charge < -0.3 is 5.73 Å². The number of benzene rings is 2. The summed E-state index contributed by atoms with van der Waals surface area (Å²) >= 11 is 0. The monoisotopic (exact) mass is 452 g/mol. The predicted molar refractivity (Wildman–Crippen MR) is 123 cm³/mol. The summed E-state index contributed by atoms with van der Waals surface area (Å²) in [7, 11) is 0. The van der Waals surface area contributed by atoms with Gasteiger partial charge in [-0.2, -0.15) is 5.10 Å². The Balaban J connectivity index is 2.07. The van der Waals surface area contributed by atoms with Crippen LogP contribution in [0.5, 0.6) is 0 Å². The number of nitroso groups, excluding NO2 is 1. The van der Waals surface area contributed by atoms with Crippen molar-refractivity contribution in [3.05, 3.63) is 70.6 Å². The van der Waals surface area contributed by atoms with E-state index in [2.05, 4.69) is 10.3 Å². The van der Waals surface area contributed by atoms with E-state index in [4.69, 9.17) is 5.73 Å². The molecule has 1 aromatic heterocycles. The van der Waals surface area contributed by atoms with Gasteiger partial charge in [-0.25, -0.2) is 8.78 Å². The normalized spacial score (nSPS) is 17.5. The summed E-state index contributed by atoms with van der Waals surface area (Å²) in [6.07, 6.45) is 3.15. The molecule has 2 N–H and O–H groups in total. The first-order valence-electron chi connectivity index (χ1n) is 10.9. The van der Waals surface area contributed by atoms with Gasteiger partial charge in [0.2, 0.25) is 5.91 Å². The highest BCUT2D eigenvalue weighted by molar-refractivity contribution is 5.93. The van der Waals surface area contributed by atoms with Crippen LogP contribution < -0.4 is 5.73 Å². The van der Waals surface area contributed by atoms with Crippen LogP contribution in [0.2, 0.25) is 0 Å². The van der Waals surface area contributed by atoms with Crippen LogP contribution in [0.15, 0.2) is 54.0 Å². The molecule has 1 amide bonds. The van der Waals surface area contributed by atoms with Gasteiger partial charge in [0.25, 0.3) is 0 Å². The Morgan fingerprint density at radius 3 is 2.42 bits per heavy atom. The smallest absolute Gasteiger partial charge is 0.244 e. The van der Waals surface area contributed by atoms with Crippen LogP contribution in [-0.2, 0) is 15.9 Å². The standard InChI is InChI=1S/C25H26F2N4O2/c1-5-24(27,6-2)25(30-33)19-10-8-7-9-17(19)21-18(11-16(26)12-20(21)25)15-13-29-31(14-15)23(3,4)22(28)32/h7-14H,5-6H2,1-4H3,(H2,28,32)/t25-/m1/s1. The van der Waals surface area contributed by atoms with E-state index in [1.165, 1.54) is 23.0 Å². The molecule has 6 nitrogen and oxygen atoms in total. The summed E-state index contributed by atoms with van der Waals surface area (Å²) in [6, 6.07) is 9.50. The highest BCUT2D eigenvalue weighted by atomic mass is 19.1. The molecule has 0 unspecified atom stereocenters. The molecule has 8 heteroatoms. The molecule has 0 fully saturated rings. The van der Waals surface area contributed by atoms with E-state index >= 15 is 8.78 Å². The molecule has 3 aromatic rings. The number of nitrogens with two attached hydrogens (primary N) is 1. The largest absolute Gasteiger partial charge is 0.368 e. The van der Waals surface area contributed by atoms with Gasteiger partial charge in [0, 0.05) is 17.3 Å². The SMILES string of the molecule is CCC(F)(CC)[C@@]1(N=O)c2ccccc2-c2c(-c3cnn(C(C)(C)C(N)=O)c3)cc(F)cc21. The average molecular weight is 453 g/mol. The van der Waals surface area contributed by atoms with E-state index in [0.29, 0.717) is 27.8 Å². The molecule has 33 heavy (non-hydrogen) atoms. The molecule has 0 spiro atoms. The Kier molecular flexibility index (Phi) is 5.22. The van der Waals surface area contributed by atoms with Crippen LogP contribution in [0.4, 0.5) is 8.78 Å². The van der Waals surface area contributed by atoms with Crippen LogP contribution in [0.3, 0.4) is 0 Å². The van der Waals surface area contributed by atoms with Crippen LogP contribution in [0.25, 0.3) is 22.3 Å². The number of nitrogens with zero attached hydrogens (tertiary/aromatic N) is 3. The van der Waals surface area contributed by atoms with Gasteiger partial charge in [-0.1, -0.05) is 38.1 Å². The zero-order valence-corrected chi connectivity index (χ0v) is 19.0. The minimum atomic E-state index is -2.01. The summed E-state index contributed by atoms with van der Waals surface area (Å²) in [6.45, 7) is 6.57. The third-order valence-corrected chi connectivity index (χ3v) is 7.05. The molecule has 1 aliphatic rings. The van der Waals surface area contributed by atoms with E-state index in [-0.39, 0.29) is 18.4 Å². The Hall–Kier alpha value is -3.42.